The average molecular weight is 224 g/mol. The number of nitrogens with two attached hydrogens (primary N) is 1. The molecule has 1 rings (SSSR count). The van der Waals surface area contributed by atoms with Crippen molar-refractivity contribution in [3.05, 3.63) is 24.3 Å². The highest BCUT2D eigenvalue weighted by Crippen LogP contribution is 2.16. The van der Waals surface area contributed by atoms with E-state index in [1.165, 1.54) is 7.11 Å². The van der Waals surface area contributed by atoms with Gasteiger partial charge in [0, 0.05) is 18.9 Å². The van der Waals surface area contributed by atoms with E-state index < -0.39 is 6.04 Å². The average Bonchev–Trinajstić information content (AvgIpc) is 2.29. The predicted molar refractivity (Wildman–Crippen MR) is 61.5 cm³/mol. The van der Waals surface area contributed by atoms with Gasteiger partial charge in [-0.05, 0) is 12.1 Å². The lowest BCUT2D eigenvalue weighted by molar-refractivity contribution is -0.118. The molecule has 1 unspecified atom stereocenters. The van der Waals surface area contributed by atoms with Gasteiger partial charge in [-0.25, -0.2) is 0 Å². The fourth-order valence-corrected chi connectivity index (χ4v) is 1.19. The van der Waals surface area contributed by atoms with Gasteiger partial charge in [0.25, 0.3) is 0 Å². The van der Waals surface area contributed by atoms with Gasteiger partial charge in [0.2, 0.25) is 5.91 Å². The SMILES string of the molecule is COCC(N)C(=O)Nc1cccc(OC)c1. The van der Waals surface area contributed by atoms with Gasteiger partial charge in [-0.15, -0.1) is 0 Å². The van der Waals surface area contributed by atoms with Crippen molar-refractivity contribution in [3.8, 4) is 5.75 Å². The Balaban J connectivity index is 2.61. The molecule has 3 N–H and O–H groups in total. The molecular formula is C11H16N2O3. The molecule has 0 radical (unpaired) electrons. The smallest absolute Gasteiger partial charge is 0.243 e. The molecule has 0 aromatic heterocycles. The summed E-state index contributed by atoms with van der Waals surface area (Å²) in [7, 11) is 3.07. The molecular weight excluding hydrogens is 208 g/mol. The van der Waals surface area contributed by atoms with E-state index in [-0.39, 0.29) is 12.5 Å². The van der Waals surface area contributed by atoms with Crippen molar-refractivity contribution in [1.82, 2.24) is 0 Å². The van der Waals surface area contributed by atoms with Gasteiger partial charge >= 0.3 is 0 Å². The summed E-state index contributed by atoms with van der Waals surface area (Å²) in [6.07, 6.45) is 0. The maximum atomic E-state index is 11.5. The maximum Gasteiger partial charge on any atom is 0.243 e. The van der Waals surface area contributed by atoms with E-state index in [1.54, 1.807) is 31.4 Å². The summed E-state index contributed by atoms with van der Waals surface area (Å²) < 4.78 is 9.83. The number of carbonyl (C=O) groups is 1. The third kappa shape index (κ3) is 3.52. The summed E-state index contributed by atoms with van der Waals surface area (Å²) in [5.74, 6) is 0.396. The minimum atomic E-state index is -0.670. The van der Waals surface area contributed by atoms with Crippen LogP contribution in [0.2, 0.25) is 0 Å². The zero-order valence-electron chi connectivity index (χ0n) is 9.40. The molecule has 16 heavy (non-hydrogen) atoms. The fourth-order valence-electron chi connectivity index (χ4n) is 1.19. The standard InChI is InChI=1S/C11H16N2O3/c1-15-7-10(12)11(14)13-8-4-3-5-9(6-8)16-2/h3-6,10H,7,12H2,1-2H3,(H,13,14). The molecule has 0 fully saturated rings. The van der Waals surface area contributed by atoms with Crippen LogP contribution in [0.15, 0.2) is 24.3 Å². The lowest BCUT2D eigenvalue weighted by atomic mass is 10.2. The van der Waals surface area contributed by atoms with Crippen molar-refractivity contribution in [2.45, 2.75) is 6.04 Å². The Kier molecular flexibility index (Phi) is 4.75. The molecule has 1 amide bonds. The molecule has 0 saturated carbocycles. The van der Waals surface area contributed by atoms with Crippen molar-refractivity contribution in [2.75, 3.05) is 26.1 Å². The van der Waals surface area contributed by atoms with E-state index in [0.29, 0.717) is 11.4 Å². The van der Waals surface area contributed by atoms with Gasteiger partial charge in [-0.2, -0.15) is 0 Å². The maximum absolute atomic E-state index is 11.5. The topological polar surface area (TPSA) is 73.6 Å². The molecule has 0 spiro atoms. The Morgan fingerprint density at radius 2 is 2.25 bits per heavy atom. The Morgan fingerprint density at radius 3 is 2.88 bits per heavy atom. The van der Waals surface area contributed by atoms with Crippen molar-refractivity contribution >= 4 is 11.6 Å². The molecule has 0 aliphatic rings. The zero-order chi connectivity index (χ0) is 12.0. The molecule has 1 aromatic carbocycles. The Bertz CT molecular complexity index is 355. The van der Waals surface area contributed by atoms with Crippen LogP contribution in [-0.4, -0.2) is 32.8 Å². The first-order valence-corrected chi connectivity index (χ1v) is 4.87. The molecule has 0 saturated heterocycles. The van der Waals surface area contributed by atoms with Gasteiger partial charge in [-0.1, -0.05) is 6.07 Å². The quantitative estimate of drug-likeness (QED) is 0.768. The van der Waals surface area contributed by atoms with E-state index in [1.807, 2.05) is 0 Å². The summed E-state index contributed by atoms with van der Waals surface area (Å²) in [5.41, 5.74) is 6.23. The first kappa shape index (κ1) is 12.5. The first-order valence-electron chi connectivity index (χ1n) is 4.87. The minimum Gasteiger partial charge on any atom is -0.497 e. The number of benzene rings is 1. The van der Waals surface area contributed by atoms with Crippen LogP contribution in [0.4, 0.5) is 5.69 Å². The van der Waals surface area contributed by atoms with Crippen LogP contribution < -0.4 is 15.8 Å². The fraction of sp³-hybridized carbons (Fsp3) is 0.364. The van der Waals surface area contributed by atoms with Crippen LogP contribution in [0.5, 0.6) is 5.75 Å². The number of anilines is 1. The van der Waals surface area contributed by atoms with Crippen molar-refractivity contribution in [2.24, 2.45) is 5.73 Å². The molecule has 0 heterocycles. The van der Waals surface area contributed by atoms with Gasteiger partial charge in [0.1, 0.15) is 11.8 Å². The predicted octanol–water partition coefficient (Wildman–Crippen LogP) is 0.607. The highest BCUT2D eigenvalue weighted by Gasteiger charge is 2.12. The van der Waals surface area contributed by atoms with Crippen LogP contribution in [0.3, 0.4) is 0 Å². The lowest BCUT2D eigenvalue weighted by Crippen LogP contribution is -2.39. The molecule has 5 heteroatoms. The number of ether oxygens (including phenoxy) is 2. The van der Waals surface area contributed by atoms with Gasteiger partial charge in [0.05, 0.1) is 13.7 Å². The highest BCUT2D eigenvalue weighted by molar-refractivity contribution is 5.94. The molecule has 5 nitrogen and oxygen atoms in total. The van der Waals surface area contributed by atoms with Crippen molar-refractivity contribution in [3.63, 3.8) is 0 Å². The molecule has 0 aliphatic carbocycles. The summed E-state index contributed by atoms with van der Waals surface area (Å²) >= 11 is 0. The monoisotopic (exact) mass is 224 g/mol. The summed E-state index contributed by atoms with van der Waals surface area (Å²) in [5, 5.41) is 2.68. The molecule has 1 atom stereocenters. The van der Waals surface area contributed by atoms with E-state index in [2.05, 4.69) is 5.32 Å². The van der Waals surface area contributed by atoms with Crippen LogP contribution in [0.1, 0.15) is 0 Å². The Morgan fingerprint density at radius 1 is 1.50 bits per heavy atom. The molecule has 0 aliphatic heterocycles. The zero-order valence-corrected chi connectivity index (χ0v) is 9.40. The molecule has 1 aromatic rings. The number of carbonyl (C=O) groups excluding carboxylic acids is 1. The first-order chi connectivity index (χ1) is 7.67. The van der Waals surface area contributed by atoms with Crippen LogP contribution in [-0.2, 0) is 9.53 Å². The Hall–Kier alpha value is -1.59. The van der Waals surface area contributed by atoms with E-state index in [9.17, 15) is 4.79 Å². The molecule has 0 bridgehead atoms. The number of amides is 1. The summed E-state index contributed by atoms with van der Waals surface area (Å²) in [4.78, 5) is 11.5. The summed E-state index contributed by atoms with van der Waals surface area (Å²) in [6, 6.07) is 6.40. The van der Waals surface area contributed by atoms with Crippen LogP contribution >= 0.6 is 0 Å². The number of rotatable bonds is 5. The van der Waals surface area contributed by atoms with Crippen molar-refractivity contribution in [1.29, 1.82) is 0 Å². The second kappa shape index (κ2) is 6.09. The van der Waals surface area contributed by atoms with E-state index in [0.717, 1.165) is 0 Å². The van der Waals surface area contributed by atoms with Gasteiger partial charge < -0.3 is 20.5 Å². The third-order valence-corrected chi connectivity index (χ3v) is 2.02. The lowest BCUT2D eigenvalue weighted by Gasteiger charge is -2.11. The number of nitrogens with one attached hydrogen (secondary N) is 1. The van der Waals surface area contributed by atoms with Gasteiger partial charge in [0.15, 0.2) is 0 Å². The largest absolute Gasteiger partial charge is 0.497 e. The molecule has 88 valence electrons. The normalized spacial score (nSPS) is 11.9. The second-order valence-electron chi connectivity index (χ2n) is 3.28. The third-order valence-electron chi connectivity index (χ3n) is 2.02. The summed E-state index contributed by atoms with van der Waals surface area (Å²) in [6.45, 7) is 0.190. The number of hydrogen-bond acceptors (Lipinski definition) is 4. The minimum absolute atomic E-state index is 0.190. The number of hydrogen-bond donors (Lipinski definition) is 2. The van der Waals surface area contributed by atoms with Gasteiger partial charge in [-0.3, -0.25) is 4.79 Å². The van der Waals surface area contributed by atoms with E-state index in [4.69, 9.17) is 15.2 Å². The van der Waals surface area contributed by atoms with Crippen LogP contribution in [0.25, 0.3) is 0 Å². The van der Waals surface area contributed by atoms with E-state index >= 15 is 0 Å². The highest BCUT2D eigenvalue weighted by atomic mass is 16.5. The Labute approximate surface area is 94.5 Å². The second-order valence-corrected chi connectivity index (χ2v) is 3.28. The van der Waals surface area contributed by atoms with Crippen molar-refractivity contribution < 1.29 is 14.3 Å². The van der Waals surface area contributed by atoms with Crippen LogP contribution in [0, 0.1) is 0 Å². The number of methoxy groups -OCH3 is 2.